The van der Waals surface area contributed by atoms with Crippen LogP contribution in [0, 0.1) is 6.92 Å². The fraction of sp³-hybridized carbons (Fsp3) is 0.368. The maximum atomic E-state index is 5.77. The van der Waals surface area contributed by atoms with Gasteiger partial charge in [0.05, 0.1) is 25.8 Å². The van der Waals surface area contributed by atoms with Gasteiger partial charge in [-0.1, -0.05) is 0 Å². The average Bonchev–Trinajstić information content (AvgIpc) is 3.08. The fourth-order valence-corrected chi connectivity index (χ4v) is 14.8. The van der Waals surface area contributed by atoms with E-state index in [-0.39, 0.29) is 0 Å². The molecule has 0 radical (unpaired) electrons. The predicted octanol–water partition coefficient (Wildman–Crippen LogP) is 10.3. The topological polar surface area (TPSA) is 27.7 Å². The summed E-state index contributed by atoms with van der Waals surface area (Å²) in [6, 6.07) is 33.4. The minimum absolute atomic E-state index is 0.659. The van der Waals surface area contributed by atoms with Gasteiger partial charge in [0.1, 0.15) is 0 Å². The van der Waals surface area contributed by atoms with E-state index in [9.17, 15) is 0 Å². The quantitative estimate of drug-likeness (QED) is 0.0797. The van der Waals surface area contributed by atoms with E-state index in [1.807, 2.05) is 0 Å². The third-order valence-corrected chi connectivity index (χ3v) is 19.9. The van der Waals surface area contributed by atoms with Gasteiger partial charge in [-0.25, -0.2) is 0 Å². The Hall–Kier alpha value is -2.33. The minimum Gasteiger partial charge on any atom is -0.492 e. The zero-order valence-electron chi connectivity index (χ0n) is 26.7. The van der Waals surface area contributed by atoms with Gasteiger partial charge in [0.2, 0.25) is 5.75 Å². The van der Waals surface area contributed by atoms with Crippen molar-refractivity contribution in [2.24, 2.45) is 0 Å². The minimum atomic E-state index is -2.81. The van der Waals surface area contributed by atoms with Crippen LogP contribution in [-0.2, 0) is 6.42 Å². The number of benzene rings is 4. The van der Waals surface area contributed by atoms with Crippen LogP contribution in [0.25, 0.3) is 0 Å². The molecular formula is C38H47Br2O3P. The van der Waals surface area contributed by atoms with E-state index in [1.165, 1.54) is 66.4 Å². The molecule has 0 aliphatic heterocycles. The van der Waals surface area contributed by atoms with Crippen LogP contribution in [0.5, 0.6) is 17.2 Å². The number of hydrogen-bond acceptors (Lipinski definition) is 3. The monoisotopic (exact) mass is 740 g/mol. The van der Waals surface area contributed by atoms with Crippen molar-refractivity contribution >= 4 is 52.6 Å². The van der Waals surface area contributed by atoms with E-state index < -0.39 is 5.31 Å². The first-order valence-electron chi connectivity index (χ1n) is 15.8. The first kappa shape index (κ1) is 34.5. The van der Waals surface area contributed by atoms with Crippen LogP contribution in [0.15, 0.2) is 95.5 Å². The van der Waals surface area contributed by atoms with Crippen LogP contribution in [-0.4, -0.2) is 27.5 Å². The fourth-order valence-electron chi connectivity index (χ4n) is 6.52. The van der Waals surface area contributed by atoms with Crippen molar-refractivity contribution in [2.45, 2.75) is 64.7 Å². The standard InChI is InChI=1S/C38H47Br2O3P/c1-30-34(36(41-2)38(43-4)37(42-3)35(30)39)28-20-9-7-5-6-8-10-21-29-44(40,31-22-14-11-15-23-31,32-24-16-12-17-25-32)33-26-18-13-19-27-33/h11-19,22-27H,5-10,20-21,28-29H2,1-4H3. The first-order chi connectivity index (χ1) is 21.4. The molecule has 0 spiro atoms. The van der Waals surface area contributed by atoms with E-state index in [2.05, 4.69) is 129 Å². The van der Waals surface area contributed by atoms with Crippen LogP contribution in [0.1, 0.15) is 62.5 Å². The molecule has 0 aromatic heterocycles. The molecule has 0 aliphatic carbocycles. The van der Waals surface area contributed by atoms with Gasteiger partial charge in [0.25, 0.3) is 0 Å². The van der Waals surface area contributed by atoms with Gasteiger partial charge in [-0.2, -0.15) is 0 Å². The van der Waals surface area contributed by atoms with Crippen LogP contribution >= 0.6 is 36.7 Å². The zero-order chi connectivity index (χ0) is 31.4. The number of methoxy groups -OCH3 is 3. The molecule has 6 heteroatoms. The van der Waals surface area contributed by atoms with Gasteiger partial charge in [-0.05, 0) is 22.9 Å². The summed E-state index contributed by atoms with van der Waals surface area (Å²) in [4.78, 5) is 0. The summed E-state index contributed by atoms with van der Waals surface area (Å²) < 4.78 is 17.9. The Labute approximate surface area is 281 Å². The van der Waals surface area contributed by atoms with Crippen molar-refractivity contribution in [2.75, 3.05) is 27.5 Å². The second-order valence-corrected chi connectivity index (χ2v) is 21.4. The Morgan fingerprint density at radius 2 is 0.909 bits per heavy atom. The molecule has 0 N–H and O–H groups in total. The Bertz CT molecular complexity index is 1360. The van der Waals surface area contributed by atoms with Gasteiger partial charge < -0.3 is 14.2 Å². The van der Waals surface area contributed by atoms with Crippen molar-refractivity contribution in [3.63, 3.8) is 0 Å². The summed E-state index contributed by atoms with van der Waals surface area (Å²) in [5, 5.41) is 1.41. The van der Waals surface area contributed by atoms with Gasteiger partial charge in [-0.3, -0.25) is 0 Å². The van der Waals surface area contributed by atoms with Crippen LogP contribution < -0.4 is 30.1 Å². The third kappa shape index (κ3) is 7.22. The summed E-state index contributed by atoms with van der Waals surface area (Å²) in [5.74, 6) is 2.13. The van der Waals surface area contributed by atoms with Crippen molar-refractivity contribution in [1.82, 2.24) is 0 Å². The summed E-state index contributed by atoms with van der Waals surface area (Å²) >= 11 is 8.29. The summed E-state index contributed by atoms with van der Waals surface area (Å²) in [6.45, 7) is 2.12. The molecular weight excluding hydrogens is 695 g/mol. The van der Waals surface area contributed by atoms with E-state index in [4.69, 9.17) is 14.2 Å². The molecule has 0 bridgehead atoms. The zero-order valence-corrected chi connectivity index (χ0v) is 30.7. The van der Waals surface area contributed by atoms with Crippen LogP contribution in [0.3, 0.4) is 0 Å². The summed E-state index contributed by atoms with van der Waals surface area (Å²) in [6.07, 6.45) is 11.9. The average molecular weight is 743 g/mol. The molecule has 0 aliphatic rings. The Morgan fingerprint density at radius 3 is 1.32 bits per heavy atom. The number of rotatable bonds is 17. The number of unbranched alkanes of at least 4 members (excludes halogenated alkanes) is 7. The Kier molecular flexibility index (Phi) is 12.8. The molecule has 236 valence electrons. The Balaban J connectivity index is 1.33. The van der Waals surface area contributed by atoms with Crippen LogP contribution in [0.4, 0.5) is 0 Å². The molecule has 0 atom stereocenters. The molecule has 0 fully saturated rings. The molecule has 0 saturated heterocycles. The van der Waals surface area contributed by atoms with Crippen molar-refractivity contribution < 1.29 is 14.2 Å². The van der Waals surface area contributed by atoms with E-state index in [1.54, 1.807) is 21.3 Å². The molecule has 0 heterocycles. The number of halogens is 2. The number of hydrogen-bond donors (Lipinski definition) is 0. The van der Waals surface area contributed by atoms with Gasteiger partial charge in [0.15, 0.2) is 5.75 Å². The van der Waals surface area contributed by atoms with E-state index in [0.29, 0.717) is 11.5 Å². The van der Waals surface area contributed by atoms with E-state index >= 15 is 0 Å². The van der Waals surface area contributed by atoms with Crippen molar-refractivity contribution in [3.05, 3.63) is 107 Å². The molecule has 4 aromatic rings. The molecule has 0 saturated carbocycles. The van der Waals surface area contributed by atoms with Gasteiger partial charge in [-0.15, -0.1) is 0 Å². The maximum absolute atomic E-state index is 5.77. The van der Waals surface area contributed by atoms with Gasteiger partial charge in [0, 0.05) is 0 Å². The first-order valence-corrected chi connectivity index (χ1v) is 21.0. The Morgan fingerprint density at radius 1 is 0.523 bits per heavy atom. The van der Waals surface area contributed by atoms with E-state index in [0.717, 1.165) is 34.8 Å². The summed E-state index contributed by atoms with van der Waals surface area (Å²) in [7, 11) is 5.03. The summed E-state index contributed by atoms with van der Waals surface area (Å²) in [5.41, 5.74) is 2.35. The smallest absolute Gasteiger partial charge is 0.492 e. The van der Waals surface area contributed by atoms with Gasteiger partial charge >= 0.3 is 209 Å². The molecule has 3 nitrogen and oxygen atoms in total. The molecule has 44 heavy (non-hydrogen) atoms. The molecule has 0 amide bonds. The molecule has 0 unspecified atom stereocenters. The predicted molar refractivity (Wildman–Crippen MR) is 198 cm³/mol. The second-order valence-electron chi connectivity index (χ2n) is 11.5. The normalized spacial score (nSPS) is 12.4. The third-order valence-electron chi connectivity index (χ3n) is 8.92. The number of ether oxygens (including phenoxy) is 3. The van der Waals surface area contributed by atoms with Crippen LogP contribution in [0.2, 0.25) is 0 Å². The van der Waals surface area contributed by atoms with Crippen molar-refractivity contribution in [3.8, 4) is 17.2 Å². The second kappa shape index (κ2) is 16.3. The molecule has 4 rings (SSSR count). The van der Waals surface area contributed by atoms with Crippen molar-refractivity contribution in [1.29, 1.82) is 0 Å². The molecule has 4 aromatic carbocycles. The SMILES string of the molecule is COc1c(Br)c(C)c(CCCCCCCCCCP(Br)(c2ccccc2)(c2ccccc2)c2ccccc2)c(OC)c1OC.